The zero-order valence-corrected chi connectivity index (χ0v) is 34.9. The first kappa shape index (κ1) is 42.4. The molecule has 0 aliphatic heterocycles. The first-order valence-electron chi connectivity index (χ1n) is 21.2. The number of anilines is 6. The predicted molar refractivity (Wildman–Crippen MR) is 232 cm³/mol. The van der Waals surface area contributed by atoms with E-state index in [0.29, 0.717) is 84.5 Å². The highest BCUT2D eigenvalue weighted by atomic mass is 19.1. The quantitative estimate of drug-likeness (QED) is 0.0880. The first-order chi connectivity index (χ1) is 30.9. The van der Waals surface area contributed by atoms with Gasteiger partial charge in [-0.25, -0.2) is 18.7 Å². The maximum absolute atomic E-state index is 13.3. The highest BCUT2D eigenvalue weighted by molar-refractivity contribution is 6.01. The molecule has 0 unspecified atom stereocenters. The van der Waals surface area contributed by atoms with Crippen LogP contribution in [0.15, 0.2) is 70.8 Å². The summed E-state index contributed by atoms with van der Waals surface area (Å²) in [6.45, 7) is 0. The molecule has 6 aromatic rings. The summed E-state index contributed by atoms with van der Waals surface area (Å²) in [6.07, 6.45) is 7.47. The third-order valence-corrected chi connectivity index (χ3v) is 12.4. The maximum atomic E-state index is 13.3. The van der Waals surface area contributed by atoms with Gasteiger partial charge >= 0.3 is 0 Å². The van der Waals surface area contributed by atoms with Crippen LogP contribution in [0.3, 0.4) is 0 Å². The van der Waals surface area contributed by atoms with Gasteiger partial charge in [0.05, 0.1) is 36.7 Å². The molecule has 64 heavy (non-hydrogen) atoms. The zero-order chi connectivity index (χ0) is 44.8. The van der Waals surface area contributed by atoms with E-state index < -0.39 is 24.6 Å². The fourth-order valence-corrected chi connectivity index (χ4v) is 8.08. The lowest BCUT2D eigenvalue weighted by molar-refractivity contribution is 0.0448. The van der Waals surface area contributed by atoms with Gasteiger partial charge < -0.3 is 51.2 Å². The van der Waals surface area contributed by atoms with Gasteiger partial charge in [-0.05, 0) is 75.6 Å². The second-order valence-corrected chi connectivity index (χ2v) is 16.6. The van der Waals surface area contributed by atoms with Crippen LogP contribution in [0.5, 0.6) is 0 Å². The molecule has 4 aliphatic rings. The summed E-state index contributed by atoms with van der Waals surface area (Å²) in [5.41, 5.74) is 1.22. The van der Waals surface area contributed by atoms with E-state index in [1.165, 1.54) is 30.6 Å². The van der Waals surface area contributed by atoms with Crippen molar-refractivity contribution in [2.24, 2.45) is 0 Å². The van der Waals surface area contributed by atoms with Gasteiger partial charge in [-0.3, -0.25) is 19.2 Å². The molecule has 6 heterocycles. The standard InChI is InChI=1S/2C21H24FN7O3/c2*1-23-18-9-17(25-15-3-2-6-28(21(15)32)12-7-11(22)8-12)27-19-13(10-24-29(18)19)20(31)26-14-4-5-16(14)30/h2*2-3,6,9-12,14,16,23,30H,4-5,7-8H2,1H3,(H,25,27)(H,26,31)/t2*11?,12?,14-,16-/m10/s1. The zero-order valence-electron chi connectivity index (χ0n) is 34.9. The monoisotopic (exact) mass is 882 g/mol. The molecule has 2 amide bonds. The van der Waals surface area contributed by atoms with E-state index in [0.717, 1.165) is 12.8 Å². The number of hydrogen-bond donors (Lipinski definition) is 8. The number of rotatable bonds is 12. The Kier molecular flexibility index (Phi) is 11.5. The van der Waals surface area contributed by atoms with E-state index in [1.807, 2.05) is 0 Å². The van der Waals surface area contributed by atoms with Crippen LogP contribution >= 0.6 is 0 Å². The largest absolute Gasteiger partial charge is 0.391 e. The van der Waals surface area contributed by atoms with Gasteiger partial charge in [-0.15, -0.1) is 0 Å². The fraction of sp³-hybridized carbons (Fsp3) is 0.429. The molecule has 4 fully saturated rings. The molecule has 22 heteroatoms. The van der Waals surface area contributed by atoms with Crippen LogP contribution < -0.4 is 43.0 Å². The molecule has 0 aromatic carbocycles. The van der Waals surface area contributed by atoms with Crippen LogP contribution in [0.1, 0.15) is 84.2 Å². The Bertz CT molecular complexity index is 2660. The molecule has 8 N–H and O–H groups in total. The van der Waals surface area contributed by atoms with Crippen LogP contribution in [-0.4, -0.2) is 111 Å². The number of carbonyl (C=O) groups is 2. The van der Waals surface area contributed by atoms with Crippen molar-refractivity contribution in [3.63, 3.8) is 0 Å². The van der Waals surface area contributed by atoms with Crippen LogP contribution in [0.2, 0.25) is 0 Å². The number of nitrogens with one attached hydrogen (secondary N) is 6. The fourth-order valence-electron chi connectivity index (χ4n) is 8.08. The molecule has 0 spiro atoms. The molecular formula is C42H48F2N14O6. The number of aliphatic hydroxyl groups excluding tert-OH is 2. The average Bonchev–Trinajstić information content (AvgIpc) is 3.90. The Morgan fingerprint density at radius 3 is 1.39 bits per heavy atom. The number of aromatic nitrogens is 8. The molecule has 4 saturated carbocycles. The highest BCUT2D eigenvalue weighted by Crippen LogP contribution is 2.35. The van der Waals surface area contributed by atoms with E-state index in [4.69, 9.17) is 0 Å². The van der Waals surface area contributed by atoms with Gasteiger partial charge in [0.15, 0.2) is 11.3 Å². The van der Waals surface area contributed by atoms with E-state index >= 15 is 0 Å². The Hall–Kier alpha value is -6.94. The molecule has 20 nitrogen and oxygen atoms in total. The van der Waals surface area contributed by atoms with Crippen molar-refractivity contribution in [1.29, 1.82) is 0 Å². The first-order valence-corrected chi connectivity index (χ1v) is 21.2. The van der Waals surface area contributed by atoms with Gasteiger partial charge in [0.1, 0.15) is 58.1 Å². The van der Waals surface area contributed by atoms with Gasteiger partial charge in [-0.1, -0.05) is 0 Å². The summed E-state index contributed by atoms with van der Waals surface area (Å²) in [4.78, 5) is 60.3. The number of alkyl halides is 2. The van der Waals surface area contributed by atoms with Crippen LogP contribution in [0.25, 0.3) is 11.3 Å². The van der Waals surface area contributed by atoms with Crippen molar-refractivity contribution in [2.75, 3.05) is 35.4 Å². The molecule has 0 saturated heterocycles. The maximum Gasteiger partial charge on any atom is 0.274 e. The summed E-state index contributed by atoms with van der Waals surface area (Å²) in [7, 11) is 3.42. The Morgan fingerprint density at radius 1 is 0.656 bits per heavy atom. The van der Waals surface area contributed by atoms with Crippen molar-refractivity contribution in [3.8, 4) is 0 Å². The number of nitrogens with zero attached hydrogens (tertiary/aromatic N) is 8. The van der Waals surface area contributed by atoms with Gasteiger partial charge in [0.25, 0.3) is 22.9 Å². The number of amides is 2. The highest BCUT2D eigenvalue weighted by Gasteiger charge is 2.34. The summed E-state index contributed by atoms with van der Waals surface area (Å²) in [5.74, 6) is 1.09. The van der Waals surface area contributed by atoms with Crippen molar-refractivity contribution >= 4 is 57.8 Å². The van der Waals surface area contributed by atoms with Gasteiger partial charge in [0, 0.05) is 50.7 Å². The summed E-state index contributed by atoms with van der Waals surface area (Å²) < 4.78 is 32.6. The Morgan fingerprint density at radius 2 is 1.06 bits per heavy atom. The molecule has 10 rings (SSSR count). The number of aliphatic hydroxyl groups is 2. The second-order valence-electron chi connectivity index (χ2n) is 16.6. The lowest BCUT2D eigenvalue weighted by atomic mass is 9.89. The third-order valence-electron chi connectivity index (χ3n) is 12.4. The van der Waals surface area contributed by atoms with E-state index in [1.54, 1.807) is 62.9 Å². The second kappa shape index (κ2) is 17.3. The summed E-state index contributed by atoms with van der Waals surface area (Å²) >= 11 is 0. The smallest absolute Gasteiger partial charge is 0.274 e. The normalized spacial score (nSPS) is 24.5. The number of pyridine rings is 2. The van der Waals surface area contributed by atoms with Crippen molar-refractivity contribution in [1.82, 2.24) is 49.0 Å². The topological polar surface area (TPSA) is 251 Å². The molecule has 336 valence electrons. The van der Waals surface area contributed by atoms with Gasteiger partial charge in [-0.2, -0.15) is 19.2 Å². The van der Waals surface area contributed by atoms with E-state index in [-0.39, 0.29) is 58.2 Å². The third kappa shape index (κ3) is 8.09. The van der Waals surface area contributed by atoms with Crippen molar-refractivity contribution in [2.45, 2.75) is 100 Å². The summed E-state index contributed by atoms with van der Waals surface area (Å²) in [5, 5.41) is 45.7. The Labute approximate surface area is 363 Å². The van der Waals surface area contributed by atoms with Crippen LogP contribution in [-0.2, 0) is 0 Å². The minimum Gasteiger partial charge on any atom is -0.391 e. The molecule has 0 radical (unpaired) electrons. The summed E-state index contributed by atoms with van der Waals surface area (Å²) in [6, 6.07) is 9.24. The lowest BCUT2D eigenvalue weighted by Gasteiger charge is -2.32. The lowest BCUT2D eigenvalue weighted by Crippen LogP contribution is -2.50. The molecule has 4 aliphatic carbocycles. The minimum absolute atomic E-state index is 0.144. The number of carbonyl (C=O) groups excluding carboxylic acids is 2. The number of fused-ring (bicyclic) bond motifs is 2. The van der Waals surface area contributed by atoms with Gasteiger partial charge in [0.2, 0.25) is 0 Å². The minimum atomic E-state index is -0.863. The SMILES string of the molecule is CNc1cc(Nc2cccn(C3CC(F)C3)c2=O)nc2c(C(=O)N[C@@H]3CC[C@H]3O)cnn12.CNc1cc(Nc2cccn(C3CC(F)C3)c2=O)nc2c(C(=O)N[C@H]3CC[C@@H]3O)cnn12. The van der Waals surface area contributed by atoms with Crippen LogP contribution in [0, 0.1) is 0 Å². The molecule has 0 bridgehead atoms. The average molecular weight is 883 g/mol. The van der Waals surface area contributed by atoms with Crippen molar-refractivity contribution < 1.29 is 28.6 Å². The van der Waals surface area contributed by atoms with E-state index in [2.05, 4.69) is 52.1 Å². The molecule has 4 atom stereocenters. The number of hydrogen-bond acceptors (Lipinski definition) is 14. The van der Waals surface area contributed by atoms with Crippen molar-refractivity contribution in [3.05, 3.63) is 93.0 Å². The molecular weight excluding hydrogens is 835 g/mol. The van der Waals surface area contributed by atoms with E-state index in [9.17, 15) is 38.2 Å². The number of halogens is 2. The molecule has 6 aromatic heterocycles. The predicted octanol–water partition coefficient (Wildman–Crippen LogP) is 3.20. The van der Waals surface area contributed by atoms with Crippen LogP contribution in [0.4, 0.5) is 43.4 Å². The Balaban J connectivity index is 0.000000162.